The number of hydrazone groups is 1. The van der Waals surface area contributed by atoms with E-state index in [1.165, 1.54) is 5.56 Å². The van der Waals surface area contributed by atoms with Crippen LogP contribution in [0.25, 0.3) is 0 Å². The van der Waals surface area contributed by atoms with Crippen molar-refractivity contribution in [2.45, 2.75) is 13.3 Å². The molecule has 0 atom stereocenters. The third-order valence-electron chi connectivity index (χ3n) is 2.27. The van der Waals surface area contributed by atoms with Crippen molar-refractivity contribution >= 4 is 12.1 Å². The van der Waals surface area contributed by atoms with E-state index in [1.54, 1.807) is 4.68 Å². The van der Waals surface area contributed by atoms with E-state index in [2.05, 4.69) is 5.10 Å². The molecule has 3 nitrogen and oxygen atoms in total. The highest BCUT2D eigenvalue weighted by Crippen LogP contribution is 2.05. The summed E-state index contributed by atoms with van der Waals surface area (Å²) in [6.45, 7) is 2.75. The van der Waals surface area contributed by atoms with Gasteiger partial charge in [0.2, 0.25) is 6.21 Å². The lowest BCUT2D eigenvalue weighted by atomic mass is 10.1. The van der Waals surface area contributed by atoms with E-state index in [0.717, 1.165) is 5.56 Å². The Morgan fingerprint density at radius 2 is 2.21 bits per heavy atom. The fourth-order valence-electron chi connectivity index (χ4n) is 1.44. The Hall–Kier alpha value is -1.64. The molecule has 14 heavy (non-hydrogen) atoms. The first-order valence-electron chi connectivity index (χ1n) is 4.67. The first-order chi connectivity index (χ1) is 6.75. The monoisotopic (exact) mass is 188 g/mol. The number of nitrogens with zero attached hydrogens (tertiary/aromatic N) is 2. The molecule has 1 aromatic carbocycles. The van der Waals surface area contributed by atoms with Gasteiger partial charge in [0.15, 0.2) is 6.54 Å². The third kappa shape index (κ3) is 1.82. The average molecular weight is 188 g/mol. The standard InChI is InChI=1S/C11H12N2O/c1-9-4-2-3-5-10(9)8-13-7-6-11(14)12-13/h2-5,8H,6-7H2,1H3/b13-8-. The van der Waals surface area contributed by atoms with Gasteiger partial charge in [0.05, 0.1) is 0 Å². The van der Waals surface area contributed by atoms with Gasteiger partial charge in [0.25, 0.3) is 0 Å². The Balaban J connectivity index is 2.30. The molecule has 0 fully saturated rings. The number of rotatable bonds is 1. The molecular weight excluding hydrogens is 176 g/mol. The van der Waals surface area contributed by atoms with Crippen molar-refractivity contribution in [1.82, 2.24) is 0 Å². The van der Waals surface area contributed by atoms with Crippen molar-refractivity contribution in [1.29, 1.82) is 0 Å². The summed E-state index contributed by atoms with van der Waals surface area (Å²) < 4.78 is 1.71. The smallest absolute Gasteiger partial charge is 0.203 e. The van der Waals surface area contributed by atoms with Crippen LogP contribution in [-0.2, 0) is 0 Å². The Morgan fingerprint density at radius 1 is 1.43 bits per heavy atom. The zero-order valence-corrected chi connectivity index (χ0v) is 8.10. The van der Waals surface area contributed by atoms with Gasteiger partial charge in [0, 0.05) is 17.9 Å². The van der Waals surface area contributed by atoms with Crippen LogP contribution < -0.4 is 5.11 Å². The Bertz CT molecular complexity index is 408. The summed E-state index contributed by atoms with van der Waals surface area (Å²) in [6, 6.07) is 8.05. The number of hydrogen-bond donors (Lipinski definition) is 0. The molecule has 0 aliphatic carbocycles. The Kier molecular flexibility index (Phi) is 2.31. The number of aryl methyl sites for hydroxylation is 1. The minimum Gasteiger partial charge on any atom is -0.857 e. The molecule has 0 saturated carbocycles. The maximum absolute atomic E-state index is 10.9. The van der Waals surface area contributed by atoms with Crippen molar-refractivity contribution in [3.8, 4) is 0 Å². The Labute approximate surface area is 83.0 Å². The molecular formula is C11H12N2O. The van der Waals surface area contributed by atoms with E-state index in [1.807, 2.05) is 37.4 Å². The summed E-state index contributed by atoms with van der Waals surface area (Å²) in [5.74, 6) is -0.0326. The second-order valence-corrected chi connectivity index (χ2v) is 3.39. The fourth-order valence-corrected chi connectivity index (χ4v) is 1.44. The van der Waals surface area contributed by atoms with Gasteiger partial charge in [-0.25, -0.2) is 0 Å². The predicted octanol–water partition coefficient (Wildman–Crippen LogP) is 0.504. The van der Waals surface area contributed by atoms with Crippen LogP contribution in [0.15, 0.2) is 29.4 Å². The highest BCUT2D eigenvalue weighted by molar-refractivity contribution is 5.79. The molecule has 0 saturated heterocycles. The minimum atomic E-state index is -0.0326. The molecule has 1 aliphatic heterocycles. The second kappa shape index (κ2) is 3.62. The van der Waals surface area contributed by atoms with Crippen molar-refractivity contribution in [3.63, 3.8) is 0 Å². The van der Waals surface area contributed by atoms with Gasteiger partial charge in [-0.2, -0.15) is 0 Å². The van der Waals surface area contributed by atoms with Gasteiger partial charge in [-0.15, -0.1) is 0 Å². The topological polar surface area (TPSA) is 38.4 Å². The second-order valence-electron chi connectivity index (χ2n) is 3.39. The quantitative estimate of drug-likeness (QED) is 0.591. The molecule has 0 bridgehead atoms. The molecule has 3 heteroatoms. The van der Waals surface area contributed by atoms with Gasteiger partial charge in [-0.1, -0.05) is 22.9 Å². The molecule has 0 aromatic heterocycles. The summed E-state index contributed by atoms with van der Waals surface area (Å²) in [7, 11) is 0. The summed E-state index contributed by atoms with van der Waals surface area (Å²) in [5.41, 5.74) is 2.31. The summed E-state index contributed by atoms with van der Waals surface area (Å²) in [4.78, 5) is 0. The van der Waals surface area contributed by atoms with Crippen molar-refractivity contribution in [3.05, 3.63) is 35.4 Å². The molecule has 1 aromatic rings. The van der Waals surface area contributed by atoms with Crippen molar-refractivity contribution in [2.75, 3.05) is 6.54 Å². The molecule has 0 unspecified atom stereocenters. The van der Waals surface area contributed by atoms with Crippen LogP contribution in [0, 0.1) is 6.92 Å². The highest BCUT2D eigenvalue weighted by Gasteiger charge is 2.11. The number of benzene rings is 1. The van der Waals surface area contributed by atoms with E-state index >= 15 is 0 Å². The SMILES string of the molecule is Cc1ccccc1/C=[N+]1/CCC([O-])=N1. The van der Waals surface area contributed by atoms with E-state index in [4.69, 9.17) is 0 Å². The summed E-state index contributed by atoms with van der Waals surface area (Å²) in [6.07, 6.45) is 2.45. The summed E-state index contributed by atoms with van der Waals surface area (Å²) in [5, 5.41) is 14.8. The van der Waals surface area contributed by atoms with Crippen LogP contribution in [0.4, 0.5) is 0 Å². The first kappa shape index (κ1) is 8.94. The van der Waals surface area contributed by atoms with Crippen molar-refractivity contribution in [2.24, 2.45) is 5.10 Å². The van der Waals surface area contributed by atoms with E-state index in [-0.39, 0.29) is 5.90 Å². The molecule has 0 radical (unpaired) electrons. The van der Waals surface area contributed by atoms with Crippen LogP contribution in [0.5, 0.6) is 0 Å². The van der Waals surface area contributed by atoms with Crippen LogP contribution in [0.2, 0.25) is 0 Å². The third-order valence-corrected chi connectivity index (χ3v) is 2.27. The zero-order valence-electron chi connectivity index (χ0n) is 8.10. The molecule has 0 spiro atoms. The zero-order chi connectivity index (χ0) is 9.97. The molecule has 1 aliphatic rings. The van der Waals surface area contributed by atoms with Crippen LogP contribution in [0.1, 0.15) is 17.5 Å². The lowest BCUT2D eigenvalue weighted by Crippen LogP contribution is -2.13. The molecule has 0 amide bonds. The van der Waals surface area contributed by atoms with E-state index < -0.39 is 0 Å². The highest BCUT2D eigenvalue weighted by atomic mass is 16.3. The van der Waals surface area contributed by atoms with Gasteiger partial charge >= 0.3 is 0 Å². The van der Waals surface area contributed by atoms with Gasteiger partial charge in [-0.05, 0) is 23.7 Å². The summed E-state index contributed by atoms with van der Waals surface area (Å²) >= 11 is 0. The van der Waals surface area contributed by atoms with Gasteiger partial charge in [0.1, 0.15) is 0 Å². The van der Waals surface area contributed by atoms with Gasteiger partial charge < -0.3 is 5.11 Å². The predicted molar refractivity (Wildman–Crippen MR) is 53.5 cm³/mol. The molecule has 2 rings (SSSR count). The first-order valence-corrected chi connectivity index (χ1v) is 4.67. The van der Waals surface area contributed by atoms with E-state index in [9.17, 15) is 5.11 Å². The molecule has 72 valence electrons. The average Bonchev–Trinajstić information content (AvgIpc) is 2.56. The number of hydrogen-bond acceptors (Lipinski definition) is 2. The molecule has 0 N–H and O–H groups in total. The molecule has 1 heterocycles. The van der Waals surface area contributed by atoms with Crippen LogP contribution in [-0.4, -0.2) is 23.3 Å². The van der Waals surface area contributed by atoms with Gasteiger partial charge in [-0.3, -0.25) is 0 Å². The Morgan fingerprint density at radius 3 is 2.86 bits per heavy atom. The lowest BCUT2D eigenvalue weighted by Gasteiger charge is -1.95. The fraction of sp³-hybridized carbons (Fsp3) is 0.273. The van der Waals surface area contributed by atoms with Crippen LogP contribution in [0.3, 0.4) is 0 Å². The van der Waals surface area contributed by atoms with Crippen LogP contribution >= 0.6 is 0 Å². The maximum atomic E-state index is 10.9. The van der Waals surface area contributed by atoms with Crippen molar-refractivity contribution < 1.29 is 9.79 Å². The lowest BCUT2D eigenvalue weighted by molar-refractivity contribution is -0.519. The van der Waals surface area contributed by atoms with E-state index in [0.29, 0.717) is 13.0 Å². The largest absolute Gasteiger partial charge is 0.857 e. The normalized spacial score (nSPS) is 18.6. The minimum absolute atomic E-state index is 0.0326. The maximum Gasteiger partial charge on any atom is 0.203 e.